The molecule has 0 bridgehead atoms. The first kappa shape index (κ1) is 16.7. The number of rotatable bonds is 5. The molecular formula is C19H18N2O4. The Kier molecular flexibility index (Phi) is 4.52. The van der Waals surface area contributed by atoms with Crippen LogP contribution in [-0.4, -0.2) is 36.0 Å². The number of hydrogen-bond acceptors (Lipinski definition) is 4. The second kappa shape index (κ2) is 6.76. The lowest BCUT2D eigenvalue weighted by Crippen LogP contribution is -2.45. The molecule has 128 valence electrons. The van der Waals surface area contributed by atoms with E-state index in [1.54, 1.807) is 55.5 Å². The molecule has 0 radical (unpaired) electrons. The van der Waals surface area contributed by atoms with Crippen LogP contribution in [0.4, 0.5) is 4.79 Å². The molecule has 1 heterocycles. The minimum absolute atomic E-state index is 0.186. The van der Waals surface area contributed by atoms with Gasteiger partial charge in [-0.2, -0.15) is 0 Å². The van der Waals surface area contributed by atoms with Gasteiger partial charge in [0, 0.05) is 0 Å². The van der Waals surface area contributed by atoms with Crippen molar-refractivity contribution in [1.82, 2.24) is 10.2 Å². The van der Waals surface area contributed by atoms with Crippen LogP contribution < -0.4 is 5.32 Å². The Morgan fingerprint density at radius 2 is 1.52 bits per heavy atom. The molecule has 1 N–H and O–H groups in total. The molecule has 0 spiro atoms. The van der Waals surface area contributed by atoms with Gasteiger partial charge in [-0.05, 0) is 18.1 Å². The normalized spacial score (nSPS) is 15.8. The van der Waals surface area contributed by atoms with Crippen molar-refractivity contribution in [2.45, 2.75) is 12.5 Å². The Labute approximate surface area is 145 Å². The third kappa shape index (κ3) is 2.87. The lowest BCUT2D eigenvalue weighted by Gasteiger charge is -2.27. The summed E-state index contributed by atoms with van der Waals surface area (Å²) in [5, 5.41) is 2.78. The molecule has 6 nitrogen and oxygen atoms in total. The fraction of sp³-hybridized carbons (Fsp3) is 0.211. The standard InChI is InChI=1S/C19H18N2O4/c1-2-25-16(22)13-21-17(23)19(20-18(21)24,14-9-5-3-6-10-14)15-11-7-4-8-12-15/h3-12H,2,13H2,1H3,(H,20,24). The number of imide groups is 1. The summed E-state index contributed by atoms with van der Waals surface area (Å²) in [6.45, 7) is 1.44. The van der Waals surface area contributed by atoms with Gasteiger partial charge in [0.2, 0.25) is 0 Å². The van der Waals surface area contributed by atoms with Crippen LogP contribution in [-0.2, 0) is 19.9 Å². The lowest BCUT2D eigenvalue weighted by atomic mass is 9.82. The van der Waals surface area contributed by atoms with Crippen LogP contribution in [0, 0.1) is 0 Å². The van der Waals surface area contributed by atoms with Gasteiger partial charge in [-0.25, -0.2) is 4.79 Å². The van der Waals surface area contributed by atoms with E-state index in [0.29, 0.717) is 11.1 Å². The average molecular weight is 338 g/mol. The molecule has 1 aliphatic rings. The molecule has 0 saturated carbocycles. The summed E-state index contributed by atoms with van der Waals surface area (Å²) >= 11 is 0. The molecule has 0 unspecified atom stereocenters. The molecule has 0 aliphatic carbocycles. The summed E-state index contributed by atoms with van der Waals surface area (Å²) in [5.41, 5.74) is -0.0941. The summed E-state index contributed by atoms with van der Waals surface area (Å²) in [7, 11) is 0. The zero-order chi connectivity index (χ0) is 17.9. The number of hydrogen-bond donors (Lipinski definition) is 1. The summed E-state index contributed by atoms with van der Waals surface area (Å²) in [5.74, 6) is -1.12. The van der Waals surface area contributed by atoms with Gasteiger partial charge in [-0.3, -0.25) is 14.5 Å². The fourth-order valence-corrected chi connectivity index (χ4v) is 2.99. The molecule has 1 saturated heterocycles. The number of nitrogens with one attached hydrogen (secondary N) is 1. The smallest absolute Gasteiger partial charge is 0.326 e. The highest BCUT2D eigenvalue weighted by atomic mass is 16.5. The molecule has 3 amide bonds. The Morgan fingerprint density at radius 1 is 1.00 bits per heavy atom. The van der Waals surface area contributed by atoms with Crippen molar-refractivity contribution in [2.75, 3.05) is 13.2 Å². The van der Waals surface area contributed by atoms with Crippen LogP contribution in [0.25, 0.3) is 0 Å². The van der Waals surface area contributed by atoms with Gasteiger partial charge in [-0.15, -0.1) is 0 Å². The molecule has 0 aromatic heterocycles. The molecule has 1 fully saturated rings. The third-order valence-corrected chi connectivity index (χ3v) is 4.11. The van der Waals surface area contributed by atoms with Crippen molar-refractivity contribution in [1.29, 1.82) is 0 Å². The van der Waals surface area contributed by atoms with Crippen LogP contribution in [0.5, 0.6) is 0 Å². The summed E-state index contributed by atoms with van der Waals surface area (Å²) in [4.78, 5) is 38.4. The maximum absolute atomic E-state index is 13.2. The van der Waals surface area contributed by atoms with Crippen molar-refractivity contribution in [2.24, 2.45) is 0 Å². The van der Waals surface area contributed by atoms with Crippen molar-refractivity contribution < 1.29 is 19.1 Å². The zero-order valence-electron chi connectivity index (χ0n) is 13.8. The third-order valence-electron chi connectivity index (χ3n) is 4.11. The highest BCUT2D eigenvalue weighted by Crippen LogP contribution is 2.35. The van der Waals surface area contributed by atoms with E-state index < -0.39 is 30.0 Å². The van der Waals surface area contributed by atoms with Crippen molar-refractivity contribution in [3.63, 3.8) is 0 Å². The molecule has 2 aromatic carbocycles. The highest BCUT2D eigenvalue weighted by molar-refractivity contribution is 6.11. The number of amides is 3. The first-order valence-electron chi connectivity index (χ1n) is 8.00. The monoisotopic (exact) mass is 338 g/mol. The van der Waals surface area contributed by atoms with E-state index in [2.05, 4.69) is 5.32 Å². The molecule has 6 heteroatoms. The van der Waals surface area contributed by atoms with Gasteiger partial charge in [0.25, 0.3) is 5.91 Å². The summed E-state index contributed by atoms with van der Waals surface area (Å²) < 4.78 is 4.87. The topological polar surface area (TPSA) is 75.7 Å². The van der Waals surface area contributed by atoms with Crippen LogP contribution >= 0.6 is 0 Å². The maximum Gasteiger partial charge on any atom is 0.326 e. The second-order valence-corrected chi connectivity index (χ2v) is 5.61. The van der Waals surface area contributed by atoms with Crippen LogP contribution in [0.1, 0.15) is 18.1 Å². The van der Waals surface area contributed by atoms with Crippen LogP contribution in [0.2, 0.25) is 0 Å². The number of ether oxygens (including phenoxy) is 1. The van der Waals surface area contributed by atoms with Crippen molar-refractivity contribution >= 4 is 17.9 Å². The van der Waals surface area contributed by atoms with E-state index in [9.17, 15) is 14.4 Å². The first-order valence-corrected chi connectivity index (χ1v) is 8.00. The quantitative estimate of drug-likeness (QED) is 0.669. The van der Waals surface area contributed by atoms with E-state index in [4.69, 9.17) is 4.74 Å². The van der Waals surface area contributed by atoms with Gasteiger partial charge >= 0.3 is 12.0 Å². The Morgan fingerprint density at radius 3 is 2.00 bits per heavy atom. The molecular weight excluding hydrogens is 320 g/mol. The largest absolute Gasteiger partial charge is 0.465 e. The molecule has 1 aliphatic heterocycles. The number of carbonyl (C=O) groups excluding carboxylic acids is 3. The van der Waals surface area contributed by atoms with Gasteiger partial charge in [0.15, 0.2) is 5.54 Å². The van der Waals surface area contributed by atoms with E-state index in [0.717, 1.165) is 4.90 Å². The number of urea groups is 1. The second-order valence-electron chi connectivity index (χ2n) is 5.61. The SMILES string of the molecule is CCOC(=O)CN1C(=O)NC(c2ccccc2)(c2ccccc2)C1=O. The number of esters is 1. The average Bonchev–Trinajstić information content (AvgIpc) is 2.89. The van der Waals surface area contributed by atoms with Crippen LogP contribution in [0.3, 0.4) is 0 Å². The van der Waals surface area contributed by atoms with Gasteiger partial charge in [-0.1, -0.05) is 60.7 Å². The molecule has 2 aromatic rings. The first-order chi connectivity index (χ1) is 12.1. The number of carbonyl (C=O) groups is 3. The molecule has 25 heavy (non-hydrogen) atoms. The minimum Gasteiger partial charge on any atom is -0.465 e. The van der Waals surface area contributed by atoms with E-state index in [-0.39, 0.29) is 6.61 Å². The number of benzene rings is 2. The molecule has 0 atom stereocenters. The summed E-state index contributed by atoms with van der Waals surface area (Å²) in [6.07, 6.45) is 0. The van der Waals surface area contributed by atoms with Gasteiger partial charge in [0.05, 0.1) is 6.61 Å². The van der Waals surface area contributed by atoms with Gasteiger partial charge < -0.3 is 10.1 Å². The van der Waals surface area contributed by atoms with Gasteiger partial charge in [0.1, 0.15) is 6.54 Å². The fourth-order valence-electron chi connectivity index (χ4n) is 2.99. The van der Waals surface area contributed by atoms with Crippen molar-refractivity contribution in [3.05, 3.63) is 71.8 Å². The zero-order valence-corrected chi connectivity index (χ0v) is 13.8. The van der Waals surface area contributed by atoms with E-state index in [1.165, 1.54) is 0 Å². The number of nitrogens with zero attached hydrogens (tertiary/aromatic N) is 1. The molecule has 3 rings (SSSR count). The van der Waals surface area contributed by atoms with E-state index in [1.807, 2.05) is 12.1 Å². The Hall–Kier alpha value is -3.15. The Balaban J connectivity index is 2.06. The van der Waals surface area contributed by atoms with E-state index >= 15 is 0 Å². The highest BCUT2D eigenvalue weighted by Gasteiger charge is 2.54. The Bertz CT molecular complexity index is 750. The lowest BCUT2D eigenvalue weighted by molar-refractivity contribution is -0.147. The van der Waals surface area contributed by atoms with Crippen molar-refractivity contribution in [3.8, 4) is 0 Å². The minimum atomic E-state index is -1.36. The maximum atomic E-state index is 13.2. The predicted octanol–water partition coefficient (Wildman–Crippen LogP) is 2.05. The van der Waals surface area contributed by atoms with Crippen LogP contribution in [0.15, 0.2) is 60.7 Å². The predicted molar refractivity (Wildman–Crippen MR) is 90.5 cm³/mol. The summed E-state index contributed by atoms with van der Waals surface area (Å²) in [6, 6.07) is 17.4.